The highest BCUT2D eigenvalue weighted by atomic mass is 32.2. The van der Waals surface area contributed by atoms with Crippen molar-refractivity contribution in [1.82, 2.24) is 4.98 Å². The van der Waals surface area contributed by atoms with Crippen molar-refractivity contribution < 1.29 is 13.4 Å². The van der Waals surface area contributed by atoms with Crippen molar-refractivity contribution in [1.29, 1.82) is 0 Å². The van der Waals surface area contributed by atoms with Gasteiger partial charge in [-0.3, -0.25) is 9.00 Å². The molecular formula is C17H15FN2O2S. The Morgan fingerprint density at radius 3 is 2.78 bits per heavy atom. The van der Waals surface area contributed by atoms with Gasteiger partial charge < -0.3 is 10.3 Å². The topological polar surface area (TPSA) is 62.0 Å². The third-order valence-electron chi connectivity index (χ3n) is 3.45. The zero-order valence-corrected chi connectivity index (χ0v) is 13.2. The lowest BCUT2D eigenvalue weighted by Gasteiger charge is -2.09. The fraction of sp³-hybridized carbons (Fsp3) is 0.118. The largest absolute Gasteiger partial charge is 0.351 e. The van der Waals surface area contributed by atoms with E-state index >= 15 is 0 Å². The molecule has 0 saturated carbocycles. The highest BCUT2D eigenvalue weighted by molar-refractivity contribution is 7.83. The molecule has 4 nitrogen and oxygen atoms in total. The number of rotatable bonds is 4. The van der Waals surface area contributed by atoms with Crippen molar-refractivity contribution in [2.45, 2.75) is 5.75 Å². The van der Waals surface area contributed by atoms with Gasteiger partial charge in [0.05, 0.1) is 5.75 Å². The number of amides is 1. The van der Waals surface area contributed by atoms with E-state index in [1.54, 1.807) is 30.5 Å². The first-order chi connectivity index (χ1) is 11.0. The van der Waals surface area contributed by atoms with Gasteiger partial charge in [-0.05, 0) is 35.9 Å². The summed E-state index contributed by atoms with van der Waals surface area (Å²) in [6.07, 6.45) is 1.62. The predicted octanol–water partition coefficient (Wildman–Crippen LogP) is 3.44. The van der Waals surface area contributed by atoms with Crippen LogP contribution in [0.2, 0.25) is 0 Å². The Bertz CT molecular complexity index is 904. The van der Waals surface area contributed by atoms with Crippen LogP contribution in [0.15, 0.2) is 48.5 Å². The number of carbonyl (C=O) groups is 1. The van der Waals surface area contributed by atoms with Crippen LogP contribution in [0, 0.1) is 5.82 Å². The lowest BCUT2D eigenvalue weighted by atomic mass is 10.2. The van der Waals surface area contributed by atoms with E-state index in [1.165, 1.54) is 12.1 Å². The average molecular weight is 330 g/mol. The Balaban J connectivity index is 1.87. The molecule has 0 aliphatic carbocycles. The van der Waals surface area contributed by atoms with Crippen LogP contribution in [-0.4, -0.2) is 21.4 Å². The van der Waals surface area contributed by atoms with E-state index in [0.717, 1.165) is 5.56 Å². The number of anilines is 1. The lowest BCUT2D eigenvalue weighted by Crippen LogP contribution is -2.14. The van der Waals surface area contributed by atoms with Gasteiger partial charge >= 0.3 is 0 Å². The van der Waals surface area contributed by atoms with Crippen LogP contribution < -0.4 is 5.32 Å². The van der Waals surface area contributed by atoms with E-state index in [1.807, 2.05) is 12.1 Å². The van der Waals surface area contributed by atoms with Gasteiger partial charge in [-0.2, -0.15) is 0 Å². The molecule has 1 heterocycles. The zero-order valence-electron chi connectivity index (χ0n) is 12.4. The smallest absolute Gasteiger partial charge is 0.272 e. The molecule has 1 atom stereocenters. The maximum absolute atomic E-state index is 13.2. The molecule has 0 saturated heterocycles. The molecule has 0 bridgehead atoms. The molecule has 118 valence electrons. The second-order valence-corrected chi connectivity index (χ2v) is 6.68. The van der Waals surface area contributed by atoms with Gasteiger partial charge in [-0.1, -0.05) is 18.2 Å². The van der Waals surface area contributed by atoms with Crippen molar-refractivity contribution >= 4 is 33.3 Å². The molecule has 0 radical (unpaired) electrons. The van der Waals surface area contributed by atoms with E-state index in [9.17, 15) is 13.4 Å². The number of fused-ring (bicyclic) bond motifs is 1. The molecule has 0 fully saturated rings. The number of nitrogens with one attached hydrogen (secondary N) is 2. The second-order valence-electron chi connectivity index (χ2n) is 5.24. The zero-order chi connectivity index (χ0) is 16.4. The molecule has 2 N–H and O–H groups in total. The molecule has 0 spiro atoms. The SMILES string of the molecule is CS(=O)Cc1ccccc1NC(=O)c1cc2cc(F)ccc2[nH]1. The summed E-state index contributed by atoms with van der Waals surface area (Å²) in [5, 5.41) is 3.45. The number of hydrogen-bond acceptors (Lipinski definition) is 2. The summed E-state index contributed by atoms with van der Waals surface area (Å²) in [6.45, 7) is 0. The third-order valence-corrected chi connectivity index (χ3v) is 4.17. The van der Waals surface area contributed by atoms with Crippen LogP contribution in [0.1, 0.15) is 16.1 Å². The molecule has 3 rings (SSSR count). The second kappa shape index (κ2) is 6.34. The number of aromatic amines is 1. The summed E-state index contributed by atoms with van der Waals surface area (Å²) in [4.78, 5) is 15.4. The highest BCUT2D eigenvalue weighted by Crippen LogP contribution is 2.20. The fourth-order valence-electron chi connectivity index (χ4n) is 2.40. The molecule has 23 heavy (non-hydrogen) atoms. The Labute approximate surface area is 135 Å². The van der Waals surface area contributed by atoms with Crippen LogP contribution in [0.3, 0.4) is 0 Å². The molecule has 2 aromatic carbocycles. The summed E-state index contributed by atoms with van der Waals surface area (Å²) >= 11 is 0. The van der Waals surface area contributed by atoms with Crippen LogP contribution in [0.4, 0.5) is 10.1 Å². The van der Waals surface area contributed by atoms with Crippen molar-refractivity contribution in [3.05, 3.63) is 65.6 Å². The number of hydrogen-bond donors (Lipinski definition) is 2. The van der Waals surface area contributed by atoms with E-state index in [4.69, 9.17) is 0 Å². The molecule has 1 amide bonds. The average Bonchev–Trinajstić information content (AvgIpc) is 2.92. The summed E-state index contributed by atoms with van der Waals surface area (Å²) in [7, 11) is -1.00. The Morgan fingerprint density at radius 1 is 1.22 bits per heavy atom. The Morgan fingerprint density at radius 2 is 2.00 bits per heavy atom. The van der Waals surface area contributed by atoms with E-state index in [2.05, 4.69) is 10.3 Å². The van der Waals surface area contributed by atoms with Crippen LogP contribution in [-0.2, 0) is 16.6 Å². The number of H-pyrrole nitrogens is 1. The molecular weight excluding hydrogens is 315 g/mol. The van der Waals surface area contributed by atoms with Gasteiger partial charge in [0.15, 0.2) is 0 Å². The van der Waals surface area contributed by atoms with E-state index < -0.39 is 10.8 Å². The van der Waals surface area contributed by atoms with Gasteiger partial charge in [0.25, 0.3) is 5.91 Å². The monoisotopic (exact) mass is 330 g/mol. The quantitative estimate of drug-likeness (QED) is 0.770. The summed E-state index contributed by atoms with van der Waals surface area (Å²) in [5.41, 5.74) is 2.47. The first kappa shape index (κ1) is 15.4. The third kappa shape index (κ3) is 3.48. The van der Waals surface area contributed by atoms with Gasteiger partial charge in [-0.25, -0.2) is 4.39 Å². The first-order valence-corrected chi connectivity index (χ1v) is 8.73. The highest BCUT2D eigenvalue weighted by Gasteiger charge is 2.12. The van der Waals surface area contributed by atoms with Crippen molar-refractivity contribution in [2.24, 2.45) is 0 Å². The van der Waals surface area contributed by atoms with E-state index in [0.29, 0.717) is 28.0 Å². The summed E-state index contributed by atoms with van der Waals surface area (Å²) in [5.74, 6) is -0.302. The predicted molar refractivity (Wildman–Crippen MR) is 90.4 cm³/mol. The Kier molecular flexibility index (Phi) is 4.25. The molecule has 0 aliphatic rings. The number of aromatic nitrogens is 1. The summed E-state index contributed by atoms with van der Waals surface area (Å²) in [6, 6.07) is 13.1. The number of carbonyl (C=O) groups excluding carboxylic acids is 1. The fourth-order valence-corrected chi connectivity index (χ4v) is 3.09. The number of para-hydroxylation sites is 1. The minimum Gasteiger partial charge on any atom is -0.351 e. The van der Waals surface area contributed by atoms with Crippen molar-refractivity contribution in [2.75, 3.05) is 11.6 Å². The molecule has 3 aromatic rings. The van der Waals surface area contributed by atoms with Gasteiger partial charge in [0.2, 0.25) is 0 Å². The summed E-state index contributed by atoms with van der Waals surface area (Å²) < 4.78 is 24.7. The van der Waals surface area contributed by atoms with Crippen molar-refractivity contribution in [3.8, 4) is 0 Å². The molecule has 1 unspecified atom stereocenters. The lowest BCUT2D eigenvalue weighted by molar-refractivity contribution is 0.102. The maximum atomic E-state index is 13.2. The van der Waals surface area contributed by atoms with Crippen LogP contribution in [0.5, 0.6) is 0 Å². The number of halogens is 1. The van der Waals surface area contributed by atoms with E-state index in [-0.39, 0.29) is 11.7 Å². The molecule has 6 heteroatoms. The number of benzene rings is 2. The molecule has 0 aliphatic heterocycles. The normalized spacial score (nSPS) is 12.3. The van der Waals surface area contributed by atoms with Crippen LogP contribution >= 0.6 is 0 Å². The Hall–Kier alpha value is -2.47. The van der Waals surface area contributed by atoms with Gasteiger partial charge in [0, 0.05) is 33.6 Å². The first-order valence-electron chi connectivity index (χ1n) is 7.00. The minimum absolute atomic E-state index is 0.323. The standard InChI is InChI=1S/C17H15FN2O2S/c1-23(22)10-11-4-2-3-5-14(11)20-17(21)16-9-12-8-13(18)6-7-15(12)19-16/h2-9,19H,10H2,1H3,(H,20,21). The molecule has 1 aromatic heterocycles. The maximum Gasteiger partial charge on any atom is 0.272 e. The minimum atomic E-state index is -1.00. The van der Waals surface area contributed by atoms with Crippen LogP contribution in [0.25, 0.3) is 10.9 Å². The van der Waals surface area contributed by atoms with Gasteiger partial charge in [0.1, 0.15) is 11.5 Å². The van der Waals surface area contributed by atoms with Crippen molar-refractivity contribution in [3.63, 3.8) is 0 Å². The van der Waals surface area contributed by atoms with Gasteiger partial charge in [-0.15, -0.1) is 0 Å².